The average Bonchev–Trinajstić information content (AvgIpc) is 3.25. The van der Waals surface area contributed by atoms with Crippen molar-refractivity contribution in [2.75, 3.05) is 6.54 Å². The van der Waals surface area contributed by atoms with Crippen molar-refractivity contribution in [3.63, 3.8) is 0 Å². The molecule has 1 heterocycles. The Labute approximate surface area is 222 Å². The summed E-state index contributed by atoms with van der Waals surface area (Å²) in [6.45, 7) is 0.355. The molecule has 1 aliphatic heterocycles. The van der Waals surface area contributed by atoms with Crippen molar-refractivity contribution in [3.05, 3.63) is 34.9 Å². The third kappa shape index (κ3) is 9.24. The minimum Gasteiger partial charge on any atom is -0.445 e. The van der Waals surface area contributed by atoms with Crippen LogP contribution in [0.3, 0.4) is 0 Å². The fraction of sp³-hybridized carbons (Fsp3) is 0.640. The van der Waals surface area contributed by atoms with Gasteiger partial charge in [-0.05, 0) is 42.9 Å². The van der Waals surface area contributed by atoms with E-state index in [-0.39, 0.29) is 24.9 Å². The third-order valence-corrected chi connectivity index (χ3v) is 8.39. The lowest BCUT2D eigenvalue weighted by Gasteiger charge is -2.28. The van der Waals surface area contributed by atoms with Crippen molar-refractivity contribution >= 4 is 39.5 Å². The van der Waals surface area contributed by atoms with E-state index >= 15 is 0 Å². The second-order valence-corrected chi connectivity index (χ2v) is 11.9. The smallest absolute Gasteiger partial charge is 0.408 e. The zero-order valence-corrected chi connectivity index (χ0v) is 22.2. The molecule has 2 fully saturated rings. The van der Waals surface area contributed by atoms with Gasteiger partial charge in [-0.2, -0.15) is 8.42 Å². The summed E-state index contributed by atoms with van der Waals surface area (Å²) in [6, 6.07) is 5.84. The molecular weight excluding hydrogens is 524 g/mol. The molecular formula is C25H35ClN2O8S. The fourth-order valence-electron chi connectivity index (χ4n) is 5.17. The summed E-state index contributed by atoms with van der Waals surface area (Å²) in [5.74, 6) is -2.38. The Hall–Kier alpha value is -2.21. The summed E-state index contributed by atoms with van der Waals surface area (Å²) in [5, 5.41) is 16.1. The Morgan fingerprint density at radius 1 is 1.16 bits per heavy atom. The molecule has 1 unspecified atom stereocenters. The molecule has 0 bridgehead atoms. The predicted molar refractivity (Wildman–Crippen MR) is 136 cm³/mol. The number of carbonyl (C=O) groups is 3. The molecule has 1 saturated heterocycles. The van der Waals surface area contributed by atoms with Gasteiger partial charge < -0.3 is 20.5 Å². The summed E-state index contributed by atoms with van der Waals surface area (Å²) in [4.78, 5) is 38.0. The maximum absolute atomic E-state index is 13.4. The van der Waals surface area contributed by atoms with E-state index in [9.17, 15) is 32.5 Å². The van der Waals surface area contributed by atoms with E-state index in [0.29, 0.717) is 30.0 Å². The molecule has 4 N–H and O–H groups in total. The van der Waals surface area contributed by atoms with Crippen LogP contribution >= 0.6 is 11.6 Å². The topological polar surface area (TPSA) is 159 Å². The molecule has 1 saturated carbocycles. The Morgan fingerprint density at radius 3 is 2.51 bits per heavy atom. The monoisotopic (exact) mass is 558 g/mol. The fourth-order valence-corrected chi connectivity index (χ4v) is 6.07. The van der Waals surface area contributed by atoms with Crippen LogP contribution in [0.1, 0.15) is 63.4 Å². The number of Topliss-reactive ketones (excluding diaryl/α,β-unsaturated/α-hetero) is 1. The van der Waals surface area contributed by atoms with E-state index in [2.05, 4.69) is 10.6 Å². The van der Waals surface area contributed by atoms with E-state index in [1.807, 2.05) is 0 Å². The lowest BCUT2D eigenvalue weighted by molar-refractivity contribution is -0.125. The maximum atomic E-state index is 13.4. The number of carbonyl (C=O) groups excluding carboxylic acids is 3. The summed E-state index contributed by atoms with van der Waals surface area (Å²) in [6.07, 6.45) is 4.41. The van der Waals surface area contributed by atoms with Gasteiger partial charge in [-0.15, -0.1) is 0 Å². The molecule has 12 heteroatoms. The van der Waals surface area contributed by atoms with Gasteiger partial charge in [-0.25, -0.2) is 4.79 Å². The molecule has 10 nitrogen and oxygen atoms in total. The van der Waals surface area contributed by atoms with Crippen molar-refractivity contribution in [1.29, 1.82) is 0 Å². The van der Waals surface area contributed by atoms with Gasteiger partial charge in [0.05, 0.1) is 6.04 Å². The van der Waals surface area contributed by atoms with Crippen LogP contribution < -0.4 is 10.6 Å². The quantitative estimate of drug-likeness (QED) is 0.284. The Balaban J connectivity index is 1.71. The van der Waals surface area contributed by atoms with Gasteiger partial charge >= 0.3 is 6.09 Å². The summed E-state index contributed by atoms with van der Waals surface area (Å²) < 4.78 is 38.2. The van der Waals surface area contributed by atoms with Crippen molar-refractivity contribution in [2.24, 2.45) is 17.8 Å². The molecule has 2 amide bonds. The lowest BCUT2D eigenvalue weighted by atomic mass is 9.82. The molecule has 1 aliphatic carbocycles. The highest BCUT2D eigenvalue weighted by atomic mass is 35.5. The highest BCUT2D eigenvalue weighted by Crippen LogP contribution is 2.30. The first kappa shape index (κ1) is 29.3. The van der Waals surface area contributed by atoms with Crippen LogP contribution in [0.15, 0.2) is 24.3 Å². The molecule has 37 heavy (non-hydrogen) atoms. The normalized spacial score (nSPS) is 21.1. The number of ketones is 1. The van der Waals surface area contributed by atoms with Crippen LogP contribution in [0.5, 0.6) is 0 Å². The molecule has 4 atom stereocenters. The van der Waals surface area contributed by atoms with Gasteiger partial charge in [-0.1, -0.05) is 55.8 Å². The second kappa shape index (κ2) is 13.5. The molecule has 3 rings (SSSR count). The van der Waals surface area contributed by atoms with Crippen molar-refractivity contribution in [2.45, 2.75) is 75.9 Å². The highest BCUT2D eigenvalue weighted by Gasteiger charge is 2.38. The lowest BCUT2D eigenvalue weighted by Crippen LogP contribution is -2.44. The minimum atomic E-state index is -4.88. The van der Waals surface area contributed by atoms with Crippen LogP contribution in [0.4, 0.5) is 4.79 Å². The first-order valence-electron chi connectivity index (χ1n) is 12.7. The number of ether oxygens (including phenoxy) is 1. The predicted octanol–water partition coefficient (Wildman–Crippen LogP) is 3.21. The second-order valence-electron chi connectivity index (χ2n) is 9.99. The standard InChI is InChI=1S/C25H35ClN2O8S/c26-20-8-4-7-17(11-20)15-36-25(32)28-21(12-16-5-2-1-3-6-16)22(29)14-19(24(31)37(33,34)35)13-18-9-10-27-23(18)30/h4,7-8,11,16,18-19,21,24,31H,1-3,5-6,9-10,12-15H2,(H,27,30)(H,28,32)(H,33,34,35)/t18-,19+,21-,24?/m0/s1. The first-order valence-corrected chi connectivity index (χ1v) is 14.5. The van der Waals surface area contributed by atoms with Crippen LogP contribution in [0.2, 0.25) is 5.02 Å². The van der Waals surface area contributed by atoms with Crippen LogP contribution in [0, 0.1) is 17.8 Å². The van der Waals surface area contributed by atoms with Gasteiger partial charge in [0, 0.05) is 29.8 Å². The van der Waals surface area contributed by atoms with Crippen LogP contribution in [-0.2, 0) is 31.1 Å². The number of alkyl carbamates (subject to hydrolysis) is 1. The summed E-state index contributed by atoms with van der Waals surface area (Å²) in [7, 11) is -4.88. The Morgan fingerprint density at radius 2 is 1.89 bits per heavy atom. The maximum Gasteiger partial charge on any atom is 0.408 e. The molecule has 206 valence electrons. The van der Waals surface area contributed by atoms with Gasteiger partial charge in [-0.3, -0.25) is 14.1 Å². The van der Waals surface area contributed by atoms with E-state index in [1.54, 1.807) is 24.3 Å². The van der Waals surface area contributed by atoms with E-state index in [1.165, 1.54) is 0 Å². The zero-order chi connectivity index (χ0) is 27.0. The van der Waals surface area contributed by atoms with Crippen molar-refractivity contribution in [3.8, 4) is 0 Å². The minimum absolute atomic E-state index is 0.0579. The number of aliphatic hydroxyl groups is 1. The highest BCUT2D eigenvalue weighted by molar-refractivity contribution is 7.86. The van der Waals surface area contributed by atoms with Crippen molar-refractivity contribution in [1.82, 2.24) is 10.6 Å². The number of aliphatic hydroxyl groups excluding tert-OH is 1. The van der Waals surface area contributed by atoms with Gasteiger partial charge in [0.25, 0.3) is 10.1 Å². The largest absolute Gasteiger partial charge is 0.445 e. The van der Waals surface area contributed by atoms with Gasteiger partial charge in [0.1, 0.15) is 6.61 Å². The number of halogens is 1. The molecule has 1 aromatic rings. The molecule has 0 aromatic heterocycles. The van der Waals surface area contributed by atoms with E-state index < -0.39 is 51.7 Å². The van der Waals surface area contributed by atoms with Gasteiger partial charge in [0.15, 0.2) is 11.2 Å². The number of rotatable bonds is 12. The summed E-state index contributed by atoms with van der Waals surface area (Å²) in [5.41, 5.74) is -1.56. The number of nitrogens with one attached hydrogen (secondary N) is 2. The van der Waals surface area contributed by atoms with Crippen LogP contribution in [0.25, 0.3) is 0 Å². The summed E-state index contributed by atoms with van der Waals surface area (Å²) >= 11 is 5.96. The average molecular weight is 559 g/mol. The molecule has 1 aromatic carbocycles. The molecule has 0 radical (unpaired) electrons. The van der Waals surface area contributed by atoms with E-state index in [0.717, 1.165) is 32.1 Å². The molecule has 2 aliphatic rings. The molecule has 0 spiro atoms. The van der Waals surface area contributed by atoms with Crippen molar-refractivity contribution < 1.29 is 37.2 Å². The number of hydrogen-bond acceptors (Lipinski definition) is 7. The number of benzene rings is 1. The Bertz CT molecular complexity index is 1060. The number of amides is 2. The Kier molecular flexibility index (Phi) is 10.7. The third-order valence-electron chi connectivity index (χ3n) is 7.16. The van der Waals surface area contributed by atoms with E-state index in [4.69, 9.17) is 16.3 Å². The van der Waals surface area contributed by atoms with Gasteiger partial charge in [0.2, 0.25) is 5.91 Å². The van der Waals surface area contributed by atoms with Crippen LogP contribution in [-0.4, -0.2) is 53.9 Å². The number of hydrogen-bond donors (Lipinski definition) is 4. The zero-order valence-electron chi connectivity index (χ0n) is 20.6. The first-order chi connectivity index (χ1) is 17.5. The SMILES string of the molecule is O=C(N[C@@H](CC1CCCCC1)C(=O)C[C@@H](C[C@@H]1CCNC1=O)C(O)S(=O)(=O)O)OCc1cccc(Cl)c1.